The molecule has 4 heteroatoms. The summed E-state index contributed by atoms with van der Waals surface area (Å²) in [5, 5.41) is 3.38. The predicted octanol–water partition coefficient (Wildman–Crippen LogP) is 2.41. The van der Waals surface area contributed by atoms with Crippen LogP contribution in [0.3, 0.4) is 0 Å². The van der Waals surface area contributed by atoms with Crippen molar-refractivity contribution in [3.8, 4) is 11.5 Å². The molecule has 0 aromatic heterocycles. The number of fused-ring (bicyclic) bond motifs is 1. The number of likely N-dealkylation sites (N-methyl/N-ethyl adjacent to an activating group) is 2. The lowest BCUT2D eigenvalue weighted by Gasteiger charge is -2.24. The quantitative estimate of drug-likeness (QED) is 0.820. The van der Waals surface area contributed by atoms with Crippen LogP contribution in [0.2, 0.25) is 0 Å². The molecule has 106 valence electrons. The number of benzene rings is 1. The smallest absolute Gasteiger partial charge is 0.231 e. The van der Waals surface area contributed by atoms with E-state index in [4.69, 9.17) is 9.47 Å². The Bertz CT molecular complexity index is 409. The Balaban J connectivity index is 2.00. The van der Waals surface area contributed by atoms with Gasteiger partial charge in [-0.15, -0.1) is 0 Å². The van der Waals surface area contributed by atoms with Gasteiger partial charge in [0, 0.05) is 12.6 Å². The fourth-order valence-corrected chi connectivity index (χ4v) is 2.32. The minimum atomic E-state index is 0.316. The lowest BCUT2D eigenvalue weighted by molar-refractivity contribution is 0.174. The van der Waals surface area contributed by atoms with Crippen molar-refractivity contribution in [3.05, 3.63) is 23.8 Å². The van der Waals surface area contributed by atoms with Crippen LogP contribution in [0.25, 0.3) is 0 Å². The van der Waals surface area contributed by atoms with Crippen molar-refractivity contribution in [1.29, 1.82) is 0 Å². The second-order valence-corrected chi connectivity index (χ2v) is 5.07. The molecule has 0 bridgehead atoms. The van der Waals surface area contributed by atoms with Gasteiger partial charge in [0.1, 0.15) is 0 Å². The Kier molecular flexibility index (Phi) is 5.05. The van der Waals surface area contributed by atoms with Crippen molar-refractivity contribution in [2.24, 2.45) is 0 Å². The lowest BCUT2D eigenvalue weighted by atomic mass is 10.1. The molecule has 0 amide bonds. The van der Waals surface area contributed by atoms with E-state index in [9.17, 15) is 0 Å². The van der Waals surface area contributed by atoms with Crippen molar-refractivity contribution in [2.45, 2.75) is 25.8 Å². The highest BCUT2D eigenvalue weighted by atomic mass is 16.7. The summed E-state index contributed by atoms with van der Waals surface area (Å²) in [7, 11) is 4.18. The molecule has 1 unspecified atom stereocenters. The number of nitrogens with one attached hydrogen (secondary N) is 1. The minimum Gasteiger partial charge on any atom is -0.454 e. The van der Waals surface area contributed by atoms with Gasteiger partial charge in [0.2, 0.25) is 6.79 Å². The summed E-state index contributed by atoms with van der Waals surface area (Å²) in [6.07, 6.45) is 2.48. The van der Waals surface area contributed by atoms with Gasteiger partial charge in [-0.2, -0.15) is 0 Å². The Morgan fingerprint density at radius 3 is 2.84 bits per heavy atom. The third kappa shape index (κ3) is 3.61. The summed E-state index contributed by atoms with van der Waals surface area (Å²) in [5.41, 5.74) is 1.25. The van der Waals surface area contributed by atoms with Gasteiger partial charge in [-0.25, -0.2) is 0 Å². The molecule has 1 N–H and O–H groups in total. The van der Waals surface area contributed by atoms with Crippen LogP contribution in [-0.2, 0) is 0 Å². The number of hydrogen-bond donors (Lipinski definition) is 1. The van der Waals surface area contributed by atoms with E-state index in [1.807, 2.05) is 13.1 Å². The number of unbranched alkanes of at least 4 members (excludes halogenated alkanes) is 1. The van der Waals surface area contributed by atoms with E-state index in [1.54, 1.807) is 0 Å². The van der Waals surface area contributed by atoms with Crippen LogP contribution < -0.4 is 14.8 Å². The molecule has 4 nitrogen and oxygen atoms in total. The average molecular weight is 264 g/mol. The SMILES string of the molecule is CCCCN(C)CC(NC)c1ccc2c(c1)OCO2. The second kappa shape index (κ2) is 6.78. The van der Waals surface area contributed by atoms with Gasteiger partial charge >= 0.3 is 0 Å². The zero-order valence-electron chi connectivity index (χ0n) is 12.1. The molecule has 0 aliphatic carbocycles. The molecule has 1 heterocycles. The summed E-state index contributed by atoms with van der Waals surface area (Å²) >= 11 is 0. The normalized spacial score (nSPS) is 14.9. The van der Waals surface area contributed by atoms with Gasteiger partial charge < -0.3 is 19.7 Å². The van der Waals surface area contributed by atoms with E-state index < -0.39 is 0 Å². The van der Waals surface area contributed by atoms with Gasteiger partial charge in [-0.3, -0.25) is 0 Å². The van der Waals surface area contributed by atoms with Crippen LogP contribution in [0.1, 0.15) is 31.4 Å². The van der Waals surface area contributed by atoms with Crippen molar-refractivity contribution in [1.82, 2.24) is 10.2 Å². The van der Waals surface area contributed by atoms with Gasteiger partial charge in [0.25, 0.3) is 0 Å². The average Bonchev–Trinajstić information content (AvgIpc) is 2.89. The van der Waals surface area contributed by atoms with E-state index in [0.717, 1.165) is 24.6 Å². The maximum absolute atomic E-state index is 5.44. The monoisotopic (exact) mass is 264 g/mol. The third-order valence-electron chi connectivity index (χ3n) is 3.54. The van der Waals surface area contributed by atoms with E-state index in [-0.39, 0.29) is 0 Å². The Labute approximate surface area is 115 Å². The maximum Gasteiger partial charge on any atom is 0.231 e. The molecular weight excluding hydrogens is 240 g/mol. The summed E-state index contributed by atoms with van der Waals surface area (Å²) in [6, 6.07) is 6.50. The van der Waals surface area contributed by atoms with Crippen LogP contribution in [0.15, 0.2) is 18.2 Å². The molecule has 0 saturated heterocycles. The topological polar surface area (TPSA) is 33.7 Å². The van der Waals surface area contributed by atoms with Crippen molar-refractivity contribution >= 4 is 0 Å². The van der Waals surface area contributed by atoms with Gasteiger partial charge in [-0.1, -0.05) is 19.4 Å². The molecular formula is C15H24N2O2. The van der Waals surface area contributed by atoms with Crippen LogP contribution in [-0.4, -0.2) is 38.9 Å². The standard InChI is InChI=1S/C15H24N2O2/c1-4-5-8-17(3)10-13(16-2)12-6-7-14-15(9-12)19-11-18-14/h6-7,9,13,16H,4-5,8,10-11H2,1-3H3. The summed E-state index contributed by atoms with van der Waals surface area (Å²) in [6.45, 7) is 4.69. The van der Waals surface area contributed by atoms with E-state index >= 15 is 0 Å². The van der Waals surface area contributed by atoms with E-state index in [0.29, 0.717) is 12.8 Å². The first kappa shape index (κ1) is 14.2. The molecule has 0 spiro atoms. The number of ether oxygens (including phenoxy) is 2. The Morgan fingerprint density at radius 2 is 2.11 bits per heavy atom. The van der Waals surface area contributed by atoms with Crippen LogP contribution in [0.4, 0.5) is 0 Å². The molecule has 1 aliphatic rings. The summed E-state index contributed by atoms with van der Waals surface area (Å²) < 4.78 is 10.8. The molecule has 1 atom stereocenters. The largest absolute Gasteiger partial charge is 0.454 e. The first-order valence-electron chi connectivity index (χ1n) is 7.00. The molecule has 1 aromatic rings. The van der Waals surface area contributed by atoms with Crippen molar-refractivity contribution in [3.63, 3.8) is 0 Å². The van der Waals surface area contributed by atoms with Crippen LogP contribution in [0, 0.1) is 0 Å². The molecule has 19 heavy (non-hydrogen) atoms. The number of hydrogen-bond acceptors (Lipinski definition) is 4. The van der Waals surface area contributed by atoms with Gasteiger partial charge in [0.05, 0.1) is 0 Å². The first-order valence-corrected chi connectivity index (χ1v) is 7.00. The minimum absolute atomic E-state index is 0.316. The van der Waals surface area contributed by atoms with Gasteiger partial charge in [-0.05, 0) is 44.8 Å². The third-order valence-corrected chi connectivity index (χ3v) is 3.54. The zero-order valence-corrected chi connectivity index (χ0v) is 12.1. The van der Waals surface area contributed by atoms with Crippen LogP contribution in [0.5, 0.6) is 11.5 Å². The second-order valence-electron chi connectivity index (χ2n) is 5.07. The van der Waals surface area contributed by atoms with Gasteiger partial charge in [0.15, 0.2) is 11.5 Å². The molecule has 1 aliphatic heterocycles. The predicted molar refractivity (Wildman–Crippen MR) is 76.8 cm³/mol. The Hall–Kier alpha value is -1.26. The van der Waals surface area contributed by atoms with Crippen LogP contribution >= 0.6 is 0 Å². The maximum atomic E-state index is 5.44. The molecule has 1 aromatic carbocycles. The summed E-state index contributed by atoms with van der Waals surface area (Å²) in [5.74, 6) is 1.70. The fraction of sp³-hybridized carbons (Fsp3) is 0.600. The molecule has 0 radical (unpaired) electrons. The highest BCUT2D eigenvalue weighted by Gasteiger charge is 2.18. The lowest BCUT2D eigenvalue weighted by Crippen LogP contribution is -2.31. The number of rotatable bonds is 7. The highest BCUT2D eigenvalue weighted by molar-refractivity contribution is 5.45. The van der Waals surface area contributed by atoms with Crippen molar-refractivity contribution < 1.29 is 9.47 Å². The number of nitrogens with zero attached hydrogens (tertiary/aromatic N) is 1. The zero-order chi connectivity index (χ0) is 13.7. The Morgan fingerprint density at radius 1 is 1.32 bits per heavy atom. The van der Waals surface area contributed by atoms with Crippen molar-refractivity contribution in [2.75, 3.05) is 34.0 Å². The fourth-order valence-electron chi connectivity index (χ4n) is 2.32. The summed E-state index contributed by atoms with van der Waals surface area (Å²) in [4.78, 5) is 2.37. The van der Waals surface area contributed by atoms with E-state index in [2.05, 4.69) is 36.3 Å². The highest BCUT2D eigenvalue weighted by Crippen LogP contribution is 2.34. The van der Waals surface area contributed by atoms with E-state index in [1.165, 1.54) is 18.4 Å². The first-order chi connectivity index (χ1) is 9.24. The molecule has 2 rings (SSSR count). The molecule has 0 fully saturated rings. The molecule has 0 saturated carbocycles.